The Bertz CT molecular complexity index is 1040. The van der Waals surface area contributed by atoms with E-state index in [2.05, 4.69) is 0 Å². The van der Waals surface area contributed by atoms with Gasteiger partial charge in [0.2, 0.25) is 0 Å². The van der Waals surface area contributed by atoms with E-state index in [0.717, 1.165) is 6.07 Å². The zero-order chi connectivity index (χ0) is 26.8. The molecule has 13 heteroatoms. The number of hydrogen-bond acceptors (Lipinski definition) is 1. The van der Waals surface area contributed by atoms with Crippen molar-refractivity contribution in [3.63, 3.8) is 0 Å². The Kier molecular flexibility index (Phi) is 8.12. The fraction of sp³-hybridized carbons (Fsp3) is 0.409. The highest BCUT2D eigenvalue weighted by atomic mass is 19.4. The maximum Gasteiger partial charge on any atom is 0.460 e. The van der Waals surface area contributed by atoms with E-state index in [1.165, 1.54) is 30.3 Å². The number of carbonyl (C=O) groups is 1. The molecule has 0 radical (unpaired) electrons. The van der Waals surface area contributed by atoms with Crippen molar-refractivity contribution >= 4 is 5.97 Å². The molecule has 0 fully saturated rings. The van der Waals surface area contributed by atoms with E-state index in [1.807, 2.05) is 0 Å². The highest BCUT2D eigenvalue weighted by molar-refractivity contribution is 5.88. The van der Waals surface area contributed by atoms with Crippen molar-refractivity contribution < 1.29 is 58.2 Å². The summed E-state index contributed by atoms with van der Waals surface area (Å²) in [5.41, 5.74) is -0.335. The largest absolute Gasteiger partial charge is 0.478 e. The molecule has 2 aromatic rings. The first-order valence-electron chi connectivity index (χ1n) is 9.95. The molecule has 2 rings (SSSR count). The van der Waals surface area contributed by atoms with Crippen LogP contribution in [0.4, 0.5) is 48.3 Å². The molecule has 194 valence electrons. The molecule has 0 amide bonds. The van der Waals surface area contributed by atoms with Crippen LogP contribution in [0.3, 0.4) is 0 Å². The van der Waals surface area contributed by atoms with Crippen LogP contribution >= 0.6 is 0 Å². The van der Waals surface area contributed by atoms with Crippen LogP contribution in [0.5, 0.6) is 0 Å². The summed E-state index contributed by atoms with van der Waals surface area (Å²) in [7, 11) is 0. The smallest absolute Gasteiger partial charge is 0.460 e. The second kappa shape index (κ2) is 10.0. The third-order valence-electron chi connectivity index (χ3n) is 5.25. The van der Waals surface area contributed by atoms with Gasteiger partial charge in [-0.1, -0.05) is 30.7 Å². The number of carboxylic acids is 1. The molecule has 0 bridgehead atoms. The molecule has 35 heavy (non-hydrogen) atoms. The third-order valence-corrected chi connectivity index (χ3v) is 5.25. The van der Waals surface area contributed by atoms with E-state index in [-0.39, 0.29) is 41.5 Å². The van der Waals surface area contributed by atoms with Crippen LogP contribution in [0, 0.1) is 11.6 Å². The maximum atomic E-state index is 14.4. The summed E-state index contributed by atoms with van der Waals surface area (Å²) in [5.74, 6) is -23.1. The SMILES string of the molecule is O=C(O)c1ccc(-c2ccc(CCCCCC(F)(F)C(F)(F)C(F)(F)C(F)(F)F)c(F)c2F)cc1. The Labute approximate surface area is 191 Å². The molecule has 0 spiro atoms. The van der Waals surface area contributed by atoms with E-state index < -0.39 is 54.4 Å². The van der Waals surface area contributed by atoms with Crippen LogP contribution in [-0.2, 0) is 6.42 Å². The molecular formula is C22H17F11O2. The van der Waals surface area contributed by atoms with Gasteiger partial charge in [-0.2, -0.15) is 39.5 Å². The molecule has 0 aliphatic rings. The normalized spacial score (nSPS) is 13.2. The summed E-state index contributed by atoms with van der Waals surface area (Å²) in [4.78, 5) is 10.9. The average molecular weight is 522 g/mol. The highest BCUT2D eigenvalue weighted by Gasteiger charge is 2.81. The molecule has 0 saturated carbocycles. The summed E-state index contributed by atoms with van der Waals surface area (Å²) in [5, 5.41) is 8.86. The van der Waals surface area contributed by atoms with Gasteiger partial charge < -0.3 is 5.11 Å². The van der Waals surface area contributed by atoms with E-state index in [1.54, 1.807) is 0 Å². The average Bonchev–Trinajstić information content (AvgIpc) is 2.75. The van der Waals surface area contributed by atoms with E-state index in [9.17, 15) is 53.1 Å². The van der Waals surface area contributed by atoms with Gasteiger partial charge in [0.05, 0.1) is 5.56 Å². The number of hydrogen-bond donors (Lipinski definition) is 1. The van der Waals surface area contributed by atoms with E-state index >= 15 is 0 Å². The number of rotatable bonds is 10. The van der Waals surface area contributed by atoms with E-state index in [0.29, 0.717) is 0 Å². The fourth-order valence-electron chi connectivity index (χ4n) is 3.20. The lowest BCUT2D eigenvalue weighted by Gasteiger charge is -2.33. The number of alkyl halides is 9. The summed E-state index contributed by atoms with van der Waals surface area (Å²) >= 11 is 0. The Morgan fingerprint density at radius 3 is 1.80 bits per heavy atom. The minimum absolute atomic E-state index is 0.0864. The first-order chi connectivity index (χ1) is 15.9. The summed E-state index contributed by atoms with van der Waals surface area (Å²) in [6.07, 6.45) is -10.6. The molecule has 0 unspecified atom stereocenters. The van der Waals surface area contributed by atoms with Crippen LogP contribution in [0.1, 0.15) is 41.6 Å². The zero-order valence-electron chi connectivity index (χ0n) is 17.5. The number of unbranched alkanes of at least 4 members (excludes halogenated alkanes) is 2. The number of aryl methyl sites for hydroxylation is 1. The van der Waals surface area contributed by atoms with Gasteiger partial charge in [-0.15, -0.1) is 0 Å². The monoisotopic (exact) mass is 522 g/mol. The van der Waals surface area contributed by atoms with Crippen LogP contribution in [0.2, 0.25) is 0 Å². The van der Waals surface area contributed by atoms with Gasteiger partial charge in [0.1, 0.15) is 0 Å². The molecule has 0 saturated heterocycles. The van der Waals surface area contributed by atoms with Crippen molar-refractivity contribution in [3.05, 3.63) is 59.2 Å². The second-order valence-corrected chi connectivity index (χ2v) is 7.69. The van der Waals surface area contributed by atoms with Crippen molar-refractivity contribution in [3.8, 4) is 11.1 Å². The van der Waals surface area contributed by atoms with Crippen molar-refractivity contribution in [2.45, 2.75) is 56.0 Å². The van der Waals surface area contributed by atoms with Crippen LogP contribution < -0.4 is 0 Å². The van der Waals surface area contributed by atoms with Gasteiger partial charge in [-0.05, 0) is 42.5 Å². The Morgan fingerprint density at radius 2 is 1.29 bits per heavy atom. The third kappa shape index (κ3) is 5.69. The van der Waals surface area contributed by atoms with Gasteiger partial charge in [-0.3, -0.25) is 0 Å². The molecular weight excluding hydrogens is 505 g/mol. The first kappa shape index (κ1) is 28.4. The number of benzene rings is 2. The predicted molar refractivity (Wildman–Crippen MR) is 102 cm³/mol. The lowest BCUT2D eigenvalue weighted by molar-refractivity contribution is -0.396. The van der Waals surface area contributed by atoms with Gasteiger partial charge >= 0.3 is 29.9 Å². The number of carboxylic acid groups (broad SMARTS) is 1. The van der Waals surface area contributed by atoms with Gasteiger partial charge in [0.15, 0.2) is 11.6 Å². The summed E-state index contributed by atoms with van der Waals surface area (Å²) in [6.45, 7) is 0. The Balaban J connectivity index is 1.99. The Morgan fingerprint density at radius 1 is 0.714 bits per heavy atom. The highest BCUT2D eigenvalue weighted by Crippen LogP contribution is 2.54. The lowest BCUT2D eigenvalue weighted by Crippen LogP contribution is -2.60. The molecule has 0 heterocycles. The summed E-state index contributed by atoms with van der Waals surface area (Å²) in [6, 6.07) is 7.18. The van der Waals surface area contributed by atoms with Gasteiger partial charge in [-0.25, -0.2) is 13.6 Å². The van der Waals surface area contributed by atoms with E-state index in [4.69, 9.17) is 5.11 Å². The van der Waals surface area contributed by atoms with Crippen LogP contribution in [-0.4, -0.2) is 35.0 Å². The van der Waals surface area contributed by atoms with Crippen molar-refractivity contribution in [2.24, 2.45) is 0 Å². The molecule has 0 aliphatic heterocycles. The Hall–Kier alpha value is -2.86. The molecule has 0 aromatic heterocycles. The molecule has 2 nitrogen and oxygen atoms in total. The minimum Gasteiger partial charge on any atom is -0.478 e. The minimum atomic E-state index is -6.94. The van der Waals surface area contributed by atoms with Crippen LogP contribution in [0.15, 0.2) is 36.4 Å². The van der Waals surface area contributed by atoms with Crippen molar-refractivity contribution in [1.82, 2.24) is 0 Å². The van der Waals surface area contributed by atoms with Crippen molar-refractivity contribution in [2.75, 3.05) is 0 Å². The topological polar surface area (TPSA) is 37.3 Å². The number of aromatic carboxylic acids is 1. The lowest BCUT2D eigenvalue weighted by atomic mass is 9.96. The number of halogens is 11. The molecule has 2 aromatic carbocycles. The quantitative estimate of drug-likeness (QED) is 0.255. The van der Waals surface area contributed by atoms with Crippen LogP contribution in [0.25, 0.3) is 11.1 Å². The maximum absolute atomic E-state index is 14.4. The van der Waals surface area contributed by atoms with Gasteiger partial charge in [0, 0.05) is 12.0 Å². The second-order valence-electron chi connectivity index (χ2n) is 7.69. The zero-order valence-corrected chi connectivity index (χ0v) is 17.5. The predicted octanol–water partition coefficient (Wildman–Crippen LogP) is 7.90. The molecule has 0 aliphatic carbocycles. The summed E-state index contributed by atoms with van der Waals surface area (Å²) < 4.78 is 144. The van der Waals surface area contributed by atoms with Crippen molar-refractivity contribution in [1.29, 1.82) is 0 Å². The molecule has 0 atom stereocenters. The van der Waals surface area contributed by atoms with Gasteiger partial charge in [0.25, 0.3) is 0 Å². The first-order valence-corrected chi connectivity index (χ1v) is 9.95. The fourth-order valence-corrected chi connectivity index (χ4v) is 3.20. The standard InChI is InChI=1S/C22H17F11O2/c23-16-13(9-10-15(17(16)24)12-5-7-14(8-6-12)18(34)35)4-2-1-3-11-19(25,26)20(27,28)21(29,30)22(31,32)33/h5-10H,1-4,11H2,(H,34,35). The molecule has 1 N–H and O–H groups in total.